The van der Waals surface area contributed by atoms with Crippen LogP contribution in [0.2, 0.25) is 0 Å². The Labute approximate surface area is 242 Å². The van der Waals surface area contributed by atoms with E-state index in [9.17, 15) is 30.8 Å². The summed E-state index contributed by atoms with van der Waals surface area (Å²) >= 11 is 0. The van der Waals surface area contributed by atoms with E-state index in [-0.39, 0.29) is 43.4 Å². The van der Waals surface area contributed by atoms with Crippen molar-refractivity contribution in [1.82, 2.24) is 9.97 Å². The number of hydrogen-bond donors (Lipinski definition) is 2. The van der Waals surface area contributed by atoms with Gasteiger partial charge in [-0.3, -0.25) is 9.52 Å². The molecule has 1 aromatic carbocycles. The van der Waals surface area contributed by atoms with Crippen LogP contribution in [0.5, 0.6) is 0 Å². The molecule has 1 aromatic heterocycles. The fourth-order valence-electron chi connectivity index (χ4n) is 5.86. The molecule has 2 aliphatic heterocycles. The highest BCUT2D eigenvalue weighted by atomic mass is 32.2. The molecule has 0 bridgehead atoms. The zero-order valence-corrected chi connectivity index (χ0v) is 24.1. The smallest absolute Gasteiger partial charge is 0.258 e. The van der Waals surface area contributed by atoms with Gasteiger partial charge in [0, 0.05) is 63.1 Å². The number of nitrogens with zero attached hydrogens (tertiary/aromatic N) is 4. The van der Waals surface area contributed by atoms with Gasteiger partial charge in [-0.05, 0) is 56.2 Å². The summed E-state index contributed by atoms with van der Waals surface area (Å²) in [4.78, 5) is 26.1. The van der Waals surface area contributed by atoms with Crippen LogP contribution in [-0.2, 0) is 10.0 Å². The molecule has 42 heavy (non-hydrogen) atoms. The summed E-state index contributed by atoms with van der Waals surface area (Å²) in [7, 11) is -4.03. The number of benzene rings is 1. The largest absolute Gasteiger partial charge is 0.371 e. The number of nitrogens with one attached hydrogen (secondary N) is 2. The van der Waals surface area contributed by atoms with Crippen molar-refractivity contribution >= 4 is 39.1 Å². The van der Waals surface area contributed by atoms with Crippen LogP contribution in [0.3, 0.4) is 0 Å². The number of amides is 1. The Kier molecular flexibility index (Phi) is 7.05. The van der Waals surface area contributed by atoms with Crippen molar-refractivity contribution in [2.75, 3.05) is 51.8 Å². The molecule has 228 valence electrons. The van der Waals surface area contributed by atoms with E-state index in [1.807, 2.05) is 0 Å². The lowest BCUT2D eigenvalue weighted by atomic mass is 9.93. The van der Waals surface area contributed by atoms with Gasteiger partial charge >= 0.3 is 0 Å². The molecular weight excluding hydrogens is 576 g/mol. The van der Waals surface area contributed by atoms with E-state index in [0.29, 0.717) is 35.4 Å². The average Bonchev–Trinajstić information content (AvgIpc) is 3.79. The lowest BCUT2D eigenvalue weighted by molar-refractivity contribution is -0.0222. The molecule has 4 fully saturated rings. The van der Waals surface area contributed by atoms with Crippen molar-refractivity contribution in [3.63, 3.8) is 0 Å². The lowest BCUT2D eigenvalue weighted by Gasteiger charge is -2.35. The topological polar surface area (TPSA) is 108 Å². The van der Waals surface area contributed by atoms with Gasteiger partial charge in [-0.25, -0.2) is 31.0 Å². The number of anilines is 4. The summed E-state index contributed by atoms with van der Waals surface area (Å²) < 4.78 is 81.7. The van der Waals surface area contributed by atoms with Crippen LogP contribution >= 0.6 is 0 Å². The van der Waals surface area contributed by atoms with Gasteiger partial charge in [-0.1, -0.05) is 0 Å². The Morgan fingerprint density at radius 1 is 0.952 bits per heavy atom. The fraction of sp³-hybridized carbons (Fsp3) is 0.607. The summed E-state index contributed by atoms with van der Waals surface area (Å²) in [6, 6.07) is 6.12. The Morgan fingerprint density at radius 2 is 1.60 bits per heavy atom. The first-order valence-electron chi connectivity index (χ1n) is 14.3. The monoisotopic (exact) mass is 610 g/mol. The third-order valence-electron chi connectivity index (χ3n) is 8.88. The van der Waals surface area contributed by atoms with Crippen molar-refractivity contribution in [3.05, 3.63) is 35.5 Å². The van der Waals surface area contributed by atoms with E-state index in [2.05, 4.69) is 24.9 Å². The molecule has 2 saturated heterocycles. The van der Waals surface area contributed by atoms with Gasteiger partial charge in [0.15, 0.2) is 0 Å². The highest BCUT2D eigenvalue weighted by Crippen LogP contribution is 2.54. The maximum absolute atomic E-state index is 13.7. The molecule has 6 rings (SSSR count). The quantitative estimate of drug-likeness (QED) is 0.403. The van der Waals surface area contributed by atoms with E-state index in [4.69, 9.17) is 0 Å². The molecule has 3 heterocycles. The van der Waals surface area contributed by atoms with Crippen LogP contribution in [0.15, 0.2) is 24.3 Å². The number of halogens is 4. The summed E-state index contributed by atoms with van der Waals surface area (Å²) in [5.74, 6) is -7.53. The third kappa shape index (κ3) is 6.42. The molecule has 2 aromatic rings. The van der Waals surface area contributed by atoms with E-state index in [1.165, 1.54) is 25.0 Å². The maximum Gasteiger partial charge on any atom is 0.258 e. The van der Waals surface area contributed by atoms with Crippen molar-refractivity contribution in [3.8, 4) is 0 Å². The number of sulfonamides is 1. The van der Waals surface area contributed by atoms with Crippen molar-refractivity contribution < 1.29 is 30.8 Å². The molecule has 2 N–H and O–H groups in total. The minimum atomic E-state index is -4.03. The number of piperidine rings is 2. The molecule has 14 heteroatoms. The highest BCUT2D eigenvalue weighted by molar-refractivity contribution is 7.92. The van der Waals surface area contributed by atoms with Crippen LogP contribution in [0.25, 0.3) is 0 Å². The zero-order chi connectivity index (χ0) is 29.9. The molecule has 1 amide bonds. The number of aromatic nitrogens is 2. The Hall–Kier alpha value is -3.16. The number of carbonyl (C=O) groups is 1. The van der Waals surface area contributed by atoms with E-state index >= 15 is 0 Å². The van der Waals surface area contributed by atoms with Crippen LogP contribution < -0.4 is 19.8 Å². The molecule has 1 spiro atoms. The van der Waals surface area contributed by atoms with Crippen molar-refractivity contribution in [2.45, 2.75) is 63.7 Å². The SMILES string of the molecule is Cc1cc(NC(=O)c2ccc(NS(=O)(=O)CC3CC3(F)F)cc2N2CCC3(CC2)CC3)nc(N2CCC(F)(F)CC2)n1. The van der Waals surface area contributed by atoms with Crippen LogP contribution in [0.1, 0.15) is 61.0 Å². The predicted molar refractivity (Wildman–Crippen MR) is 151 cm³/mol. The minimum Gasteiger partial charge on any atom is -0.371 e. The van der Waals surface area contributed by atoms with Crippen LogP contribution in [0, 0.1) is 18.3 Å². The highest BCUT2D eigenvalue weighted by Gasteiger charge is 2.58. The van der Waals surface area contributed by atoms with Gasteiger partial charge in [0.2, 0.25) is 16.0 Å². The van der Waals surface area contributed by atoms with Gasteiger partial charge in [-0.2, -0.15) is 4.98 Å². The predicted octanol–water partition coefficient (Wildman–Crippen LogP) is 5.05. The number of aryl methyl sites for hydroxylation is 1. The normalized spacial score (nSPS) is 23.9. The van der Waals surface area contributed by atoms with Crippen LogP contribution in [0.4, 0.5) is 40.7 Å². The van der Waals surface area contributed by atoms with Gasteiger partial charge in [0.25, 0.3) is 17.8 Å². The molecule has 1 atom stereocenters. The molecular formula is C28H34F4N6O3S. The Bertz CT molecular complexity index is 1480. The standard InChI is InChI=1S/C28H34F4N6O3S/c1-18-14-23(35-25(33-18)38-12-8-27(29,30)9-13-38)34-24(39)21-3-2-20(36-42(40,41)17-19-16-28(19,31)32)15-22(21)37-10-6-26(4-5-26)7-11-37/h2-3,14-15,19,36H,4-13,16-17H2,1H3,(H,33,34,35,39). The lowest BCUT2D eigenvalue weighted by Crippen LogP contribution is -2.40. The van der Waals surface area contributed by atoms with Crippen molar-refractivity contribution in [2.24, 2.45) is 11.3 Å². The molecule has 0 radical (unpaired) electrons. The molecule has 2 aliphatic carbocycles. The zero-order valence-electron chi connectivity index (χ0n) is 23.3. The van der Waals surface area contributed by atoms with Gasteiger partial charge < -0.3 is 15.1 Å². The van der Waals surface area contributed by atoms with Gasteiger partial charge in [0.05, 0.1) is 22.7 Å². The summed E-state index contributed by atoms with van der Waals surface area (Å²) in [6.45, 7) is 3.31. The van der Waals surface area contributed by atoms with Crippen LogP contribution in [-0.4, -0.2) is 68.1 Å². The number of carbonyl (C=O) groups excluding carboxylic acids is 1. The third-order valence-corrected chi connectivity index (χ3v) is 10.3. The second-order valence-electron chi connectivity index (χ2n) is 12.3. The summed E-state index contributed by atoms with van der Waals surface area (Å²) in [5, 5.41) is 2.80. The minimum absolute atomic E-state index is 0.0974. The van der Waals surface area contributed by atoms with Gasteiger partial charge in [0.1, 0.15) is 5.82 Å². The van der Waals surface area contributed by atoms with E-state index in [1.54, 1.807) is 24.0 Å². The van der Waals surface area contributed by atoms with Crippen molar-refractivity contribution in [1.29, 1.82) is 0 Å². The van der Waals surface area contributed by atoms with Gasteiger partial charge in [-0.15, -0.1) is 0 Å². The summed E-state index contributed by atoms with van der Waals surface area (Å²) in [5.41, 5.74) is 1.95. The molecule has 9 nitrogen and oxygen atoms in total. The fourth-order valence-corrected chi connectivity index (χ4v) is 7.32. The second kappa shape index (κ2) is 10.2. The first-order chi connectivity index (χ1) is 19.7. The first-order valence-corrected chi connectivity index (χ1v) is 15.9. The summed E-state index contributed by atoms with van der Waals surface area (Å²) in [6.07, 6.45) is 3.25. The Balaban J connectivity index is 1.23. The number of hydrogen-bond acceptors (Lipinski definition) is 7. The molecule has 4 aliphatic rings. The Morgan fingerprint density at radius 3 is 2.21 bits per heavy atom. The van der Waals surface area contributed by atoms with E-state index < -0.39 is 45.9 Å². The average molecular weight is 611 g/mol. The number of alkyl halides is 4. The maximum atomic E-state index is 13.7. The molecule has 1 unspecified atom stereocenters. The molecule has 2 saturated carbocycles. The number of rotatable bonds is 8. The van der Waals surface area contributed by atoms with E-state index in [0.717, 1.165) is 12.8 Å². The first kappa shape index (κ1) is 28.9. The second-order valence-corrected chi connectivity index (χ2v) is 14.0.